The van der Waals surface area contributed by atoms with E-state index in [0.717, 1.165) is 25.7 Å². The molecule has 2 aromatic heterocycles. The lowest BCUT2D eigenvalue weighted by Crippen LogP contribution is -2.37. The van der Waals surface area contributed by atoms with Crippen molar-refractivity contribution < 1.29 is 14.1 Å². The average molecular weight is 335 g/mol. The van der Waals surface area contributed by atoms with E-state index in [2.05, 4.69) is 36.1 Å². The highest BCUT2D eigenvalue weighted by molar-refractivity contribution is 5.77. The molecule has 1 aliphatic carbocycles. The lowest BCUT2D eigenvalue weighted by molar-refractivity contribution is -0.127. The molecule has 0 saturated heterocycles. The van der Waals surface area contributed by atoms with E-state index in [4.69, 9.17) is 9.26 Å². The summed E-state index contributed by atoms with van der Waals surface area (Å²) in [6, 6.07) is -0.245. The number of H-pyrrole nitrogens is 1. The molecule has 0 aliphatic heterocycles. The molecular formula is C14H21N7O3. The molecule has 2 heterocycles. The number of rotatable bonds is 7. The van der Waals surface area contributed by atoms with Crippen LogP contribution in [0.1, 0.15) is 55.7 Å². The van der Waals surface area contributed by atoms with Gasteiger partial charge in [-0.3, -0.25) is 4.79 Å². The summed E-state index contributed by atoms with van der Waals surface area (Å²) >= 11 is 0. The zero-order valence-electron chi connectivity index (χ0n) is 13.6. The van der Waals surface area contributed by atoms with Crippen LogP contribution in [-0.4, -0.2) is 43.3 Å². The monoisotopic (exact) mass is 335 g/mol. The summed E-state index contributed by atoms with van der Waals surface area (Å²) in [4.78, 5) is 16.2. The standard InChI is InChI=1S/C14H21N7O3/c1-9-15-12(24-19-9)8-23-7-11(22)16-13(14-17-20-21-18-14)10-5-3-2-4-6-10/h10,13H,2-8H2,1H3,(H,16,22)(H,17,18,20,21). The van der Waals surface area contributed by atoms with Crippen molar-refractivity contribution in [3.05, 3.63) is 17.5 Å². The van der Waals surface area contributed by atoms with Gasteiger partial charge in [0, 0.05) is 0 Å². The Kier molecular flexibility index (Phi) is 5.47. The summed E-state index contributed by atoms with van der Waals surface area (Å²) in [5, 5.41) is 20.8. The van der Waals surface area contributed by atoms with E-state index in [0.29, 0.717) is 23.5 Å². The zero-order valence-corrected chi connectivity index (χ0v) is 13.6. The van der Waals surface area contributed by atoms with Crippen LogP contribution in [0.5, 0.6) is 0 Å². The zero-order chi connectivity index (χ0) is 16.8. The minimum Gasteiger partial charge on any atom is -0.362 e. The molecule has 2 N–H and O–H groups in total. The van der Waals surface area contributed by atoms with Crippen LogP contribution < -0.4 is 5.32 Å². The van der Waals surface area contributed by atoms with E-state index in [1.54, 1.807) is 6.92 Å². The fourth-order valence-corrected chi connectivity index (χ4v) is 3.01. The summed E-state index contributed by atoms with van der Waals surface area (Å²) in [6.07, 6.45) is 5.63. The first-order valence-electron chi connectivity index (χ1n) is 8.12. The van der Waals surface area contributed by atoms with Gasteiger partial charge in [-0.05, 0) is 25.7 Å². The first kappa shape index (κ1) is 16.5. The van der Waals surface area contributed by atoms with E-state index in [9.17, 15) is 4.79 Å². The number of nitrogens with one attached hydrogen (secondary N) is 2. The predicted octanol–water partition coefficient (Wildman–Crippen LogP) is 0.846. The Morgan fingerprint density at radius 2 is 2.25 bits per heavy atom. The third kappa shape index (κ3) is 4.34. The van der Waals surface area contributed by atoms with Crippen molar-refractivity contribution in [3.8, 4) is 0 Å². The highest BCUT2D eigenvalue weighted by Gasteiger charge is 2.29. The second-order valence-electron chi connectivity index (χ2n) is 5.94. The third-order valence-electron chi connectivity index (χ3n) is 4.11. The van der Waals surface area contributed by atoms with Crippen molar-refractivity contribution in [2.75, 3.05) is 6.61 Å². The molecular weight excluding hydrogens is 314 g/mol. The molecule has 130 valence electrons. The van der Waals surface area contributed by atoms with Crippen molar-refractivity contribution in [1.82, 2.24) is 36.1 Å². The summed E-state index contributed by atoms with van der Waals surface area (Å²) < 4.78 is 10.3. The SMILES string of the molecule is Cc1noc(COCC(=O)NC(c2nn[nH]n2)C2CCCCC2)n1. The Morgan fingerprint density at radius 3 is 2.92 bits per heavy atom. The van der Waals surface area contributed by atoms with Crippen LogP contribution in [0.2, 0.25) is 0 Å². The van der Waals surface area contributed by atoms with Crippen molar-refractivity contribution in [3.63, 3.8) is 0 Å². The average Bonchev–Trinajstić information content (AvgIpc) is 3.25. The first-order chi connectivity index (χ1) is 11.7. The number of hydrogen-bond acceptors (Lipinski definition) is 8. The van der Waals surface area contributed by atoms with Crippen LogP contribution in [0.15, 0.2) is 4.52 Å². The lowest BCUT2D eigenvalue weighted by Gasteiger charge is -2.28. The molecule has 1 fully saturated rings. The van der Waals surface area contributed by atoms with Gasteiger partial charge in [0.05, 0.1) is 6.04 Å². The van der Waals surface area contributed by atoms with E-state index in [-0.39, 0.29) is 25.2 Å². The number of amides is 1. The summed E-state index contributed by atoms with van der Waals surface area (Å²) in [6.45, 7) is 1.73. The van der Waals surface area contributed by atoms with Crippen LogP contribution in [0.25, 0.3) is 0 Å². The summed E-state index contributed by atoms with van der Waals surface area (Å²) in [5.41, 5.74) is 0. The van der Waals surface area contributed by atoms with E-state index in [1.807, 2.05) is 0 Å². The molecule has 1 unspecified atom stereocenters. The number of aromatic amines is 1. The number of carbonyl (C=O) groups is 1. The van der Waals surface area contributed by atoms with Gasteiger partial charge >= 0.3 is 0 Å². The van der Waals surface area contributed by atoms with Gasteiger partial charge in [-0.15, -0.1) is 10.2 Å². The maximum atomic E-state index is 12.2. The number of hydrogen-bond donors (Lipinski definition) is 2. The van der Waals surface area contributed by atoms with Crippen LogP contribution in [-0.2, 0) is 16.1 Å². The number of tetrazole rings is 1. The summed E-state index contributed by atoms with van der Waals surface area (Å²) in [5.74, 6) is 1.49. The maximum Gasteiger partial charge on any atom is 0.252 e. The van der Waals surface area contributed by atoms with Crippen LogP contribution in [0, 0.1) is 12.8 Å². The largest absolute Gasteiger partial charge is 0.362 e. The van der Waals surface area contributed by atoms with Gasteiger partial charge in [0.2, 0.25) is 5.91 Å². The Labute approximate surface area is 138 Å². The number of nitrogens with zero attached hydrogens (tertiary/aromatic N) is 5. The van der Waals surface area contributed by atoms with Crippen molar-refractivity contribution in [1.29, 1.82) is 0 Å². The Bertz CT molecular complexity index is 637. The minimum atomic E-state index is -0.245. The molecule has 24 heavy (non-hydrogen) atoms. The van der Waals surface area contributed by atoms with E-state index >= 15 is 0 Å². The second-order valence-corrected chi connectivity index (χ2v) is 5.94. The normalized spacial score (nSPS) is 16.9. The Hall–Kier alpha value is -2.36. The van der Waals surface area contributed by atoms with Gasteiger partial charge in [-0.1, -0.05) is 29.6 Å². The molecule has 2 aromatic rings. The molecule has 0 aromatic carbocycles. The molecule has 1 saturated carbocycles. The summed E-state index contributed by atoms with van der Waals surface area (Å²) in [7, 11) is 0. The van der Waals surface area contributed by atoms with Crippen molar-refractivity contribution in [2.45, 2.75) is 51.7 Å². The first-order valence-corrected chi connectivity index (χ1v) is 8.12. The van der Waals surface area contributed by atoms with Gasteiger partial charge in [-0.2, -0.15) is 10.2 Å². The van der Waals surface area contributed by atoms with Crippen LogP contribution in [0.3, 0.4) is 0 Å². The topological polar surface area (TPSA) is 132 Å². The number of carbonyl (C=O) groups excluding carboxylic acids is 1. The smallest absolute Gasteiger partial charge is 0.252 e. The number of aromatic nitrogens is 6. The molecule has 1 aliphatic rings. The maximum absolute atomic E-state index is 12.2. The third-order valence-corrected chi connectivity index (χ3v) is 4.11. The molecule has 1 amide bonds. The number of aryl methyl sites for hydroxylation is 1. The molecule has 0 spiro atoms. The highest BCUT2D eigenvalue weighted by atomic mass is 16.5. The van der Waals surface area contributed by atoms with E-state index < -0.39 is 0 Å². The molecule has 0 radical (unpaired) electrons. The molecule has 10 heteroatoms. The predicted molar refractivity (Wildman–Crippen MR) is 80.3 cm³/mol. The second kappa shape index (κ2) is 7.95. The van der Waals surface area contributed by atoms with Gasteiger partial charge in [0.1, 0.15) is 13.2 Å². The Balaban J connectivity index is 1.52. The minimum absolute atomic E-state index is 0.0947. The quantitative estimate of drug-likeness (QED) is 0.761. The Morgan fingerprint density at radius 1 is 1.42 bits per heavy atom. The lowest BCUT2D eigenvalue weighted by atomic mass is 9.83. The van der Waals surface area contributed by atoms with Crippen molar-refractivity contribution >= 4 is 5.91 Å². The van der Waals surface area contributed by atoms with E-state index in [1.165, 1.54) is 6.42 Å². The van der Waals surface area contributed by atoms with Gasteiger partial charge < -0.3 is 14.6 Å². The van der Waals surface area contributed by atoms with Crippen molar-refractivity contribution in [2.24, 2.45) is 5.92 Å². The highest BCUT2D eigenvalue weighted by Crippen LogP contribution is 2.32. The fourth-order valence-electron chi connectivity index (χ4n) is 3.01. The van der Waals surface area contributed by atoms with Crippen LogP contribution >= 0.6 is 0 Å². The van der Waals surface area contributed by atoms with Gasteiger partial charge in [-0.25, -0.2) is 0 Å². The molecule has 3 rings (SSSR count). The van der Waals surface area contributed by atoms with Crippen LogP contribution in [0.4, 0.5) is 0 Å². The number of ether oxygens (including phenoxy) is 1. The van der Waals surface area contributed by atoms with Gasteiger partial charge in [0.25, 0.3) is 5.89 Å². The van der Waals surface area contributed by atoms with Gasteiger partial charge in [0.15, 0.2) is 11.6 Å². The molecule has 0 bridgehead atoms. The molecule has 10 nitrogen and oxygen atoms in total. The molecule has 1 atom stereocenters. The fraction of sp³-hybridized carbons (Fsp3) is 0.714.